The summed E-state index contributed by atoms with van der Waals surface area (Å²) < 4.78 is 0. The van der Waals surface area contributed by atoms with Gasteiger partial charge in [0.15, 0.2) is 0 Å². The zero-order chi connectivity index (χ0) is 13.0. The lowest BCUT2D eigenvalue weighted by Crippen LogP contribution is -2.32. The van der Waals surface area contributed by atoms with Crippen LogP contribution >= 0.6 is 31.9 Å². The standard InChI is InChI=1S/C16H22Br2/c1-13-5-4-8-15(9-13)16(11-17,12-18)10-14-6-2-3-7-14/h4-5,8-9,14H,2-3,6-7,10-12H2,1H3. The third kappa shape index (κ3) is 3.19. The number of aryl methyl sites for hydroxylation is 1. The molecule has 0 amide bonds. The van der Waals surface area contributed by atoms with Gasteiger partial charge in [0.2, 0.25) is 0 Å². The molecule has 0 atom stereocenters. The number of alkyl halides is 2. The Bertz CT molecular complexity index is 376. The Morgan fingerprint density at radius 2 is 1.83 bits per heavy atom. The number of hydrogen-bond donors (Lipinski definition) is 0. The van der Waals surface area contributed by atoms with Gasteiger partial charge in [-0.25, -0.2) is 0 Å². The van der Waals surface area contributed by atoms with Gasteiger partial charge in [-0.05, 0) is 24.8 Å². The molecule has 0 radical (unpaired) electrons. The molecule has 0 spiro atoms. The average molecular weight is 374 g/mol. The minimum Gasteiger partial charge on any atom is -0.0918 e. The molecular formula is C16H22Br2. The number of benzene rings is 1. The molecule has 0 bridgehead atoms. The molecule has 0 N–H and O–H groups in total. The summed E-state index contributed by atoms with van der Waals surface area (Å²) >= 11 is 7.54. The van der Waals surface area contributed by atoms with Gasteiger partial charge in [-0.3, -0.25) is 0 Å². The normalized spacial score (nSPS) is 17.3. The number of rotatable bonds is 5. The van der Waals surface area contributed by atoms with Crippen LogP contribution < -0.4 is 0 Å². The van der Waals surface area contributed by atoms with Crippen molar-refractivity contribution in [2.45, 2.75) is 44.4 Å². The van der Waals surface area contributed by atoms with E-state index in [9.17, 15) is 0 Å². The second kappa shape index (κ2) is 6.56. The van der Waals surface area contributed by atoms with Gasteiger partial charge in [0, 0.05) is 16.1 Å². The van der Waals surface area contributed by atoms with E-state index < -0.39 is 0 Å². The van der Waals surface area contributed by atoms with E-state index in [1.165, 1.54) is 43.2 Å². The fourth-order valence-electron chi connectivity index (χ4n) is 3.16. The highest BCUT2D eigenvalue weighted by atomic mass is 79.9. The van der Waals surface area contributed by atoms with E-state index in [4.69, 9.17) is 0 Å². The van der Waals surface area contributed by atoms with Crippen molar-refractivity contribution in [3.63, 3.8) is 0 Å². The van der Waals surface area contributed by atoms with Gasteiger partial charge in [-0.2, -0.15) is 0 Å². The van der Waals surface area contributed by atoms with Crippen molar-refractivity contribution in [1.29, 1.82) is 0 Å². The Balaban J connectivity index is 2.24. The molecule has 0 heterocycles. The fourth-order valence-corrected chi connectivity index (χ4v) is 5.19. The van der Waals surface area contributed by atoms with Crippen molar-refractivity contribution in [3.05, 3.63) is 35.4 Å². The zero-order valence-corrected chi connectivity index (χ0v) is 14.3. The highest BCUT2D eigenvalue weighted by molar-refractivity contribution is 9.09. The quantitative estimate of drug-likeness (QED) is 0.589. The van der Waals surface area contributed by atoms with E-state index in [0.717, 1.165) is 16.6 Å². The highest BCUT2D eigenvalue weighted by Gasteiger charge is 2.34. The van der Waals surface area contributed by atoms with Gasteiger partial charge >= 0.3 is 0 Å². The predicted molar refractivity (Wildman–Crippen MR) is 87.0 cm³/mol. The minimum atomic E-state index is 0.265. The van der Waals surface area contributed by atoms with Gasteiger partial charge < -0.3 is 0 Å². The molecule has 2 heteroatoms. The molecule has 1 aliphatic rings. The average Bonchev–Trinajstić information content (AvgIpc) is 2.89. The molecule has 1 saturated carbocycles. The molecule has 0 aromatic heterocycles. The second-order valence-corrected chi connectivity index (χ2v) is 6.89. The summed E-state index contributed by atoms with van der Waals surface area (Å²) in [6.45, 7) is 2.19. The molecule has 1 aromatic rings. The summed E-state index contributed by atoms with van der Waals surface area (Å²) in [6.07, 6.45) is 7.02. The monoisotopic (exact) mass is 372 g/mol. The van der Waals surface area contributed by atoms with E-state index in [0.29, 0.717) is 0 Å². The van der Waals surface area contributed by atoms with Crippen molar-refractivity contribution >= 4 is 31.9 Å². The van der Waals surface area contributed by atoms with E-state index in [1.54, 1.807) is 0 Å². The summed E-state index contributed by atoms with van der Waals surface area (Å²) in [5, 5.41) is 2.09. The summed E-state index contributed by atoms with van der Waals surface area (Å²) in [7, 11) is 0. The van der Waals surface area contributed by atoms with Crippen molar-refractivity contribution in [2.75, 3.05) is 10.7 Å². The predicted octanol–water partition coefficient (Wildman–Crippen LogP) is 5.60. The van der Waals surface area contributed by atoms with Crippen LogP contribution in [0.3, 0.4) is 0 Å². The molecule has 1 aliphatic carbocycles. The zero-order valence-electron chi connectivity index (χ0n) is 11.1. The van der Waals surface area contributed by atoms with E-state index in [2.05, 4.69) is 63.0 Å². The largest absolute Gasteiger partial charge is 0.0918 e. The van der Waals surface area contributed by atoms with Gasteiger partial charge in [0.1, 0.15) is 0 Å². The van der Waals surface area contributed by atoms with Gasteiger partial charge in [0.05, 0.1) is 0 Å². The third-order valence-electron chi connectivity index (χ3n) is 4.30. The SMILES string of the molecule is Cc1cccc(C(CBr)(CBr)CC2CCCC2)c1. The molecule has 1 fully saturated rings. The first kappa shape index (κ1) is 14.6. The van der Waals surface area contributed by atoms with Crippen LogP contribution in [0.1, 0.15) is 43.2 Å². The smallest absolute Gasteiger partial charge is 0.0149 e. The Labute approximate surface area is 128 Å². The van der Waals surface area contributed by atoms with Gasteiger partial charge in [-0.1, -0.05) is 87.4 Å². The van der Waals surface area contributed by atoms with Crippen molar-refractivity contribution < 1.29 is 0 Å². The highest BCUT2D eigenvalue weighted by Crippen LogP contribution is 2.40. The summed E-state index contributed by atoms with van der Waals surface area (Å²) in [5.74, 6) is 0.917. The van der Waals surface area contributed by atoms with Crippen LogP contribution in [-0.2, 0) is 5.41 Å². The molecule has 0 aliphatic heterocycles. The van der Waals surface area contributed by atoms with Crippen LogP contribution in [0.2, 0.25) is 0 Å². The van der Waals surface area contributed by atoms with E-state index in [1.807, 2.05) is 0 Å². The first-order valence-electron chi connectivity index (χ1n) is 6.89. The van der Waals surface area contributed by atoms with Crippen LogP contribution in [0.15, 0.2) is 24.3 Å². The second-order valence-electron chi connectivity index (χ2n) is 5.77. The lowest BCUT2D eigenvalue weighted by molar-refractivity contribution is 0.379. The first-order chi connectivity index (χ1) is 8.70. The number of halogens is 2. The van der Waals surface area contributed by atoms with Crippen LogP contribution in [0.25, 0.3) is 0 Å². The van der Waals surface area contributed by atoms with E-state index in [-0.39, 0.29) is 5.41 Å². The maximum atomic E-state index is 3.77. The molecule has 2 rings (SSSR count). The molecule has 0 unspecified atom stereocenters. The maximum Gasteiger partial charge on any atom is 0.0149 e. The van der Waals surface area contributed by atoms with Crippen molar-refractivity contribution in [2.24, 2.45) is 5.92 Å². The topological polar surface area (TPSA) is 0 Å². The van der Waals surface area contributed by atoms with Crippen molar-refractivity contribution in [1.82, 2.24) is 0 Å². The Morgan fingerprint density at radius 1 is 1.17 bits per heavy atom. The van der Waals surface area contributed by atoms with Crippen LogP contribution in [0.4, 0.5) is 0 Å². The Morgan fingerprint density at radius 3 is 2.39 bits per heavy atom. The van der Waals surface area contributed by atoms with Crippen molar-refractivity contribution in [3.8, 4) is 0 Å². The van der Waals surface area contributed by atoms with E-state index >= 15 is 0 Å². The third-order valence-corrected chi connectivity index (χ3v) is 6.44. The number of hydrogen-bond acceptors (Lipinski definition) is 0. The van der Waals surface area contributed by atoms with Gasteiger partial charge in [0.25, 0.3) is 0 Å². The summed E-state index contributed by atoms with van der Waals surface area (Å²) in [4.78, 5) is 0. The van der Waals surface area contributed by atoms with Crippen LogP contribution in [0.5, 0.6) is 0 Å². The fraction of sp³-hybridized carbons (Fsp3) is 0.625. The Kier molecular flexibility index (Phi) is 5.32. The lowest BCUT2D eigenvalue weighted by atomic mass is 9.76. The summed E-state index contributed by atoms with van der Waals surface area (Å²) in [5.41, 5.74) is 3.12. The van der Waals surface area contributed by atoms with Crippen LogP contribution in [0, 0.1) is 12.8 Å². The molecule has 0 nitrogen and oxygen atoms in total. The molecule has 0 saturated heterocycles. The molecule has 1 aromatic carbocycles. The van der Waals surface area contributed by atoms with Crippen LogP contribution in [-0.4, -0.2) is 10.7 Å². The molecule has 18 heavy (non-hydrogen) atoms. The van der Waals surface area contributed by atoms with Gasteiger partial charge in [-0.15, -0.1) is 0 Å². The maximum absolute atomic E-state index is 3.77. The minimum absolute atomic E-state index is 0.265. The molecule has 100 valence electrons. The lowest BCUT2D eigenvalue weighted by Gasteiger charge is -2.33. The Hall–Kier alpha value is 0.180. The first-order valence-corrected chi connectivity index (χ1v) is 9.13. The molecular weight excluding hydrogens is 352 g/mol. The summed E-state index contributed by atoms with van der Waals surface area (Å²) in [6, 6.07) is 9.04.